The Hall–Kier alpha value is -0.920. The Kier molecular flexibility index (Phi) is 4.27. The van der Waals surface area contributed by atoms with Crippen molar-refractivity contribution in [3.8, 4) is 0 Å². The standard InChI is InChI=1S/C12H18BrN3O3/c1-12(19,7-17)6-14-9-4-15-16(5-8-2-3-8)11(18)10(9)13/h4,8,14,17,19H,2-3,5-7H2,1H3. The van der Waals surface area contributed by atoms with E-state index in [0.717, 1.165) is 12.8 Å². The molecule has 0 aliphatic heterocycles. The van der Waals surface area contributed by atoms with Crippen molar-refractivity contribution in [1.29, 1.82) is 0 Å². The van der Waals surface area contributed by atoms with E-state index in [9.17, 15) is 9.90 Å². The van der Waals surface area contributed by atoms with Crippen molar-refractivity contribution in [2.45, 2.75) is 31.9 Å². The molecule has 1 aliphatic rings. The summed E-state index contributed by atoms with van der Waals surface area (Å²) in [6.07, 6.45) is 3.87. The van der Waals surface area contributed by atoms with Gasteiger partial charge in [-0.15, -0.1) is 0 Å². The molecular formula is C12H18BrN3O3. The van der Waals surface area contributed by atoms with Crippen molar-refractivity contribution in [1.82, 2.24) is 9.78 Å². The summed E-state index contributed by atoms with van der Waals surface area (Å²) in [4.78, 5) is 12.0. The Morgan fingerprint density at radius 1 is 1.63 bits per heavy atom. The van der Waals surface area contributed by atoms with E-state index in [1.807, 2.05) is 0 Å². The van der Waals surface area contributed by atoms with Gasteiger partial charge in [-0.05, 0) is 41.6 Å². The molecule has 1 atom stereocenters. The van der Waals surface area contributed by atoms with Crippen molar-refractivity contribution in [2.24, 2.45) is 5.92 Å². The summed E-state index contributed by atoms with van der Waals surface area (Å²) in [5.74, 6) is 0.575. The van der Waals surface area contributed by atoms with Crippen LogP contribution in [0.25, 0.3) is 0 Å². The van der Waals surface area contributed by atoms with Crippen LogP contribution in [0.4, 0.5) is 5.69 Å². The zero-order chi connectivity index (χ0) is 14.0. The molecule has 1 heterocycles. The molecule has 0 bridgehead atoms. The number of rotatable bonds is 6. The van der Waals surface area contributed by atoms with Crippen LogP contribution in [0.5, 0.6) is 0 Å². The van der Waals surface area contributed by atoms with Crippen molar-refractivity contribution < 1.29 is 10.2 Å². The zero-order valence-corrected chi connectivity index (χ0v) is 12.4. The van der Waals surface area contributed by atoms with Crippen LogP contribution < -0.4 is 10.9 Å². The minimum Gasteiger partial charge on any atom is -0.393 e. The van der Waals surface area contributed by atoms with Gasteiger partial charge in [-0.3, -0.25) is 4.79 Å². The molecule has 0 saturated heterocycles. The molecule has 1 aromatic rings. The summed E-state index contributed by atoms with van der Waals surface area (Å²) in [5, 5.41) is 25.7. The zero-order valence-electron chi connectivity index (χ0n) is 10.8. The molecule has 0 aromatic carbocycles. The maximum Gasteiger partial charge on any atom is 0.283 e. The Labute approximate surface area is 119 Å². The Morgan fingerprint density at radius 2 is 2.32 bits per heavy atom. The number of hydrogen-bond acceptors (Lipinski definition) is 5. The predicted molar refractivity (Wildman–Crippen MR) is 75.1 cm³/mol. The highest BCUT2D eigenvalue weighted by molar-refractivity contribution is 9.10. The number of nitrogens with zero attached hydrogens (tertiary/aromatic N) is 2. The molecular weight excluding hydrogens is 314 g/mol. The van der Waals surface area contributed by atoms with E-state index in [2.05, 4.69) is 26.3 Å². The van der Waals surface area contributed by atoms with Crippen LogP contribution in [0.1, 0.15) is 19.8 Å². The van der Waals surface area contributed by atoms with E-state index >= 15 is 0 Å². The van der Waals surface area contributed by atoms with E-state index in [0.29, 0.717) is 22.6 Å². The SMILES string of the molecule is CC(O)(CO)CNc1cnn(CC2CC2)c(=O)c1Br. The van der Waals surface area contributed by atoms with Crippen molar-refractivity contribution in [2.75, 3.05) is 18.5 Å². The minimum atomic E-state index is -1.23. The van der Waals surface area contributed by atoms with E-state index in [1.165, 1.54) is 11.6 Å². The van der Waals surface area contributed by atoms with Crippen LogP contribution in [0.2, 0.25) is 0 Å². The number of halogens is 1. The monoisotopic (exact) mass is 331 g/mol. The van der Waals surface area contributed by atoms with Gasteiger partial charge < -0.3 is 15.5 Å². The molecule has 0 amide bonds. The first kappa shape index (κ1) is 14.5. The number of aliphatic hydroxyl groups excluding tert-OH is 1. The van der Waals surface area contributed by atoms with E-state index in [4.69, 9.17) is 5.11 Å². The molecule has 2 rings (SSSR count). The highest BCUT2D eigenvalue weighted by atomic mass is 79.9. The van der Waals surface area contributed by atoms with Gasteiger partial charge in [0.15, 0.2) is 0 Å². The highest BCUT2D eigenvalue weighted by Crippen LogP contribution is 2.30. The molecule has 1 fully saturated rings. The van der Waals surface area contributed by atoms with Crippen LogP contribution in [-0.4, -0.2) is 38.7 Å². The average molecular weight is 332 g/mol. The molecule has 7 heteroatoms. The summed E-state index contributed by atoms with van der Waals surface area (Å²) in [6, 6.07) is 0. The summed E-state index contributed by atoms with van der Waals surface area (Å²) in [5.41, 5.74) is -0.895. The summed E-state index contributed by atoms with van der Waals surface area (Å²) in [6.45, 7) is 1.95. The topological polar surface area (TPSA) is 87.4 Å². The van der Waals surface area contributed by atoms with Gasteiger partial charge in [0, 0.05) is 13.1 Å². The predicted octanol–water partition coefficient (Wildman–Crippen LogP) is 0.571. The van der Waals surface area contributed by atoms with E-state index in [-0.39, 0.29) is 18.7 Å². The van der Waals surface area contributed by atoms with Gasteiger partial charge in [0.25, 0.3) is 5.56 Å². The second-order valence-electron chi connectivity index (χ2n) is 5.31. The summed E-state index contributed by atoms with van der Waals surface area (Å²) >= 11 is 3.25. The first-order valence-corrected chi connectivity index (χ1v) is 7.05. The lowest BCUT2D eigenvalue weighted by atomic mass is 10.1. The number of nitrogens with one attached hydrogen (secondary N) is 1. The second-order valence-corrected chi connectivity index (χ2v) is 6.10. The summed E-state index contributed by atoms with van der Waals surface area (Å²) < 4.78 is 1.86. The van der Waals surface area contributed by atoms with Gasteiger partial charge >= 0.3 is 0 Å². The molecule has 6 nitrogen and oxygen atoms in total. The quantitative estimate of drug-likeness (QED) is 0.709. The van der Waals surface area contributed by atoms with Crippen LogP contribution in [-0.2, 0) is 6.54 Å². The molecule has 0 spiro atoms. The van der Waals surface area contributed by atoms with Gasteiger partial charge in [0.05, 0.1) is 18.5 Å². The molecule has 3 N–H and O–H groups in total. The smallest absolute Gasteiger partial charge is 0.283 e. The molecule has 1 unspecified atom stereocenters. The fourth-order valence-corrected chi connectivity index (χ4v) is 2.05. The Bertz CT molecular complexity index is 511. The van der Waals surface area contributed by atoms with Crippen molar-refractivity contribution >= 4 is 21.6 Å². The van der Waals surface area contributed by atoms with Crippen LogP contribution >= 0.6 is 15.9 Å². The van der Waals surface area contributed by atoms with E-state index in [1.54, 1.807) is 6.20 Å². The first-order chi connectivity index (χ1) is 8.93. The van der Waals surface area contributed by atoms with Gasteiger partial charge in [0.1, 0.15) is 10.1 Å². The highest BCUT2D eigenvalue weighted by Gasteiger charge is 2.24. The first-order valence-electron chi connectivity index (χ1n) is 6.26. The lowest BCUT2D eigenvalue weighted by molar-refractivity contribution is 0.0132. The number of hydrogen-bond donors (Lipinski definition) is 3. The number of aromatic nitrogens is 2. The lowest BCUT2D eigenvalue weighted by Gasteiger charge is -2.21. The Morgan fingerprint density at radius 3 is 2.89 bits per heavy atom. The number of aliphatic hydroxyl groups is 2. The van der Waals surface area contributed by atoms with Gasteiger partial charge in [-0.1, -0.05) is 0 Å². The van der Waals surface area contributed by atoms with Crippen LogP contribution in [0.15, 0.2) is 15.5 Å². The molecule has 19 heavy (non-hydrogen) atoms. The van der Waals surface area contributed by atoms with Gasteiger partial charge in [0.2, 0.25) is 0 Å². The van der Waals surface area contributed by atoms with E-state index < -0.39 is 5.60 Å². The normalized spacial score (nSPS) is 18.1. The van der Waals surface area contributed by atoms with Crippen LogP contribution in [0, 0.1) is 5.92 Å². The van der Waals surface area contributed by atoms with Gasteiger partial charge in [-0.2, -0.15) is 5.10 Å². The average Bonchev–Trinajstić information content (AvgIpc) is 3.18. The van der Waals surface area contributed by atoms with Crippen molar-refractivity contribution in [3.63, 3.8) is 0 Å². The third-order valence-corrected chi connectivity index (χ3v) is 3.88. The summed E-state index contributed by atoms with van der Waals surface area (Å²) in [7, 11) is 0. The molecule has 1 aliphatic carbocycles. The third kappa shape index (κ3) is 3.77. The lowest BCUT2D eigenvalue weighted by Crippen LogP contribution is -2.37. The fourth-order valence-electron chi connectivity index (χ4n) is 1.60. The molecule has 1 saturated carbocycles. The molecule has 0 radical (unpaired) electrons. The van der Waals surface area contributed by atoms with Gasteiger partial charge in [-0.25, -0.2) is 4.68 Å². The van der Waals surface area contributed by atoms with Crippen LogP contribution in [0.3, 0.4) is 0 Å². The molecule has 106 valence electrons. The maximum atomic E-state index is 12.0. The Balaban J connectivity index is 2.09. The minimum absolute atomic E-state index is 0.135. The maximum absolute atomic E-state index is 12.0. The fraction of sp³-hybridized carbons (Fsp3) is 0.667. The van der Waals surface area contributed by atoms with Crippen molar-refractivity contribution in [3.05, 3.63) is 21.0 Å². The third-order valence-electron chi connectivity index (χ3n) is 3.11. The molecule has 1 aromatic heterocycles. The second kappa shape index (κ2) is 5.60. The largest absolute Gasteiger partial charge is 0.393 e. The number of anilines is 1.